The van der Waals surface area contributed by atoms with Crippen LogP contribution in [0.3, 0.4) is 0 Å². The van der Waals surface area contributed by atoms with E-state index in [0.29, 0.717) is 5.56 Å². The minimum atomic E-state index is -0.207. The first kappa shape index (κ1) is 14.4. The van der Waals surface area contributed by atoms with Gasteiger partial charge < -0.3 is 0 Å². The van der Waals surface area contributed by atoms with E-state index >= 15 is 0 Å². The number of ketones is 1. The van der Waals surface area contributed by atoms with E-state index in [2.05, 4.69) is 0 Å². The maximum atomic E-state index is 12.9. The Morgan fingerprint density at radius 1 is 0.667 bits per heavy atom. The lowest BCUT2D eigenvalue weighted by Gasteiger charge is -2.06. The molecule has 0 aliphatic carbocycles. The monoisotopic (exact) mass is 313 g/mol. The van der Waals surface area contributed by atoms with Gasteiger partial charge in [-0.2, -0.15) is 0 Å². The molecular formula is C21H15NO2. The second-order valence-corrected chi connectivity index (χ2v) is 5.73. The van der Waals surface area contributed by atoms with Crippen molar-refractivity contribution in [2.45, 2.75) is 6.42 Å². The third-order valence-electron chi connectivity index (χ3n) is 4.24. The van der Waals surface area contributed by atoms with Crippen LogP contribution in [0.1, 0.15) is 21.6 Å². The van der Waals surface area contributed by atoms with Crippen molar-refractivity contribution < 1.29 is 9.59 Å². The average molecular weight is 313 g/mol. The molecule has 3 nitrogen and oxygen atoms in total. The Morgan fingerprint density at radius 2 is 1.17 bits per heavy atom. The zero-order valence-corrected chi connectivity index (χ0v) is 13.0. The van der Waals surface area contributed by atoms with Gasteiger partial charge in [-0.15, -0.1) is 0 Å². The fourth-order valence-corrected chi connectivity index (χ4v) is 3.13. The van der Waals surface area contributed by atoms with Gasteiger partial charge in [0.05, 0.1) is 17.5 Å². The van der Waals surface area contributed by atoms with Crippen LogP contribution in [0.2, 0.25) is 0 Å². The molecule has 0 saturated carbocycles. The summed E-state index contributed by atoms with van der Waals surface area (Å²) in [6.45, 7) is 0. The molecule has 4 aromatic rings. The second kappa shape index (κ2) is 5.78. The van der Waals surface area contributed by atoms with Crippen LogP contribution < -0.4 is 0 Å². The third-order valence-corrected chi connectivity index (χ3v) is 4.24. The van der Waals surface area contributed by atoms with Crippen LogP contribution in [0, 0.1) is 0 Å². The highest BCUT2D eigenvalue weighted by Gasteiger charge is 2.18. The van der Waals surface area contributed by atoms with Gasteiger partial charge in [0.25, 0.3) is 0 Å². The number of carbonyl (C=O) groups excluding carboxylic acids is 2. The lowest BCUT2D eigenvalue weighted by molar-refractivity contribution is 0.0850. The number of carbonyl (C=O) groups is 2. The summed E-state index contributed by atoms with van der Waals surface area (Å²) in [6, 6.07) is 24.5. The fourth-order valence-electron chi connectivity index (χ4n) is 3.13. The van der Waals surface area contributed by atoms with Crippen molar-refractivity contribution in [1.29, 1.82) is 0 Å². The number of fused-ring (bicyclic) bond motifs is 3. The Balaban J connectivity index is 1.80. The van der Waals surface area contributed by atoms with E-state index in [1.807, 2.05) is 54.6 Å². The molecule has 24 heavy (non-hydrogen) atoms. The maximum absolute atomic E-state index is 12.9. The summed E-state index contributed by atoms with van der Waals surface area (Å²) in [5.74, 6) is -0.372. The smallest absolute Gasteiger partial charge is 0.239 e. The Morgan fingerprint density at radius 3 is 1.75 bits per heavy atom. The molecule has 0 bridgehead atoms. The molecule has 3 aromatic carbocycles. The van der Waals surface area contributed by atoms with Crippen LogP contribution in [0.4, 0.5) is 0 Å². The largest absolute Gasteiger partial charge is 0.294 e. The number of hydrogen-bond donors (Lipinski definition) is 0. The summed E-state index contributed by atoms with van der Waals surface area (Å²) in [6.07, 6.45) is -0.146. The molecule has 4 rings (SSSR count). The van der Waals surface area contributed by atoms with Crippen LogP contribution in [-0.2, 0) is 0 Å². The van der Waals surface area contributed by atoms with Gasteiger partial charge >= 0.3 is 0 Å². The molecule has 1 aromatic heterocycles. The summed E-state index contributed by atoms with van der Waals surface area (Å²) < 4.78 is 1.66. The topological polar surface area (TPSA) is 39.1 Å². The molecule has 0 spiro atoms. The zero-order chi connectivity index (χ0) is 16.5. The minimum absolute atomic E-state index is 0.146. The lowest BCUT2D eigenvalue weighted by Crippen LogP contribution is -2.15. The number of benzene rings is 3. The molecule has 0 radical (unpaired) electrons. The lowest BCUT2D eigenvalue weighted by atomic mass is 10.1. The van der Waals surface area contributed by atoms with Gasteiger partial charge in [0, 0.05) is 16.3 Å². The number of nitrogens with zero attached hydrogens (tertiary/aromatic N) is 1. The number of hydrogen-bond acceptors (Lipinski definition) is 2. The molecule has 116 valence electrons. The van der Waals surface area contributed by atoms with E-state index in [1.165, 1.54) is 0 Å². The average Bonchev–Trinajstić information content (AvgIpc) is 2.97. The SMILES string of the molecule is O=C(CC(=O)n1c2ccccc2c2ccccc21)c1ccccc1. The first-order chi connectivity index (χ1) is 11.8. The normalized spacial score (nSPS) is 11.0. The molecule has 0 N–H and O–H groups in total. The van der Waals surface area contributed by atoms with Gasteiger partial charge in [-0.3, -0.25) is 14.2 Å². The zero-order valence-electron chi connectivity index (χ0n) is 13.0. The standard InChI is InChI=1S/C21H15NO2/c23-20(15-8-2-1-3-9-15)14-21(24)22-18-12-6-4-10-16(18)17-11-5-7-13-19(17)22/h1-13H,14H2. The number of Topliss-reactive ketones (excluding diaryl/α,β-unsaturated/α-hetero) is 1. The van der Waals surface area contributed by atoms with Crippen molar-refractivity contribution in [2.24, 2.45) is 0 Å². The van der Waals surface area contributed by atoms with E-state index in [0.717, 1.165) is 21.8 Å². The van der Waals surface area contributed by atoms with Crippen molar-refractivity contribution in [3.63, 3.8) is 0 Å². The maximum Gasteiger partial charge on any atom is 0.239 e. The van der Waals surface area contributed by atoms with Gasteiger partial charge in [-0.05, 0) is 12.1 Å². The summed E-state index contributed by atoms with van der Waals surface area (Å²) in [7, 11) is 0. The molecule has 0 fully saturated rings. The summed E-state index contributed by atoms with van der Waals surface area (Å²) >= 11 is 0. The first-order valence-corrected chi connectivity index (χ1v) is 7.85. The minimum Gasteiger partial charge on any atom is -0.294 e. The van der Waals surface area contributed by atoms with Crippen LogP contribution in [0.15, 0.2) is 78.9 Å². The molecule has 1 heterocycles. The van der Waals surface area contributed by atoms with E-state index in [1.54, 1.807) is 28.8 Å². The predicted molar refractivity (Wildman–Crippen MR) is 95.5 cm³/mol. The number of para-hydroxylation sites is 2. The van der Waals surface area contributed by atoms with Crippen molar-refractivity contribution in [1.82, 2.24) is 4.57 Å². The van der Waals surface area contributed by atoms with Crippen LogP contribution in [0.5, 0.6) is 0 Å². The van der Waals surface area contributed by atoms with Crippen molar-refractivity contribution in [3.8, 4) is 0 Å². The Hall–Kier alpha value is -3.20. The van der Waals surface area contributed by atoms with Crippen LogP contribution in [0.25, 0.3) is 21.8 Å². The fraction of sp³-hybridized carbons (Fsp3) is 0.0476. The molecule has 0 aliphatic rings. The Kier molecular flexibility index (Phi) is 3.47. The quantitative estimate of drug-likeness (QED) is 0.406. The number of rotatable bonds is 3. The van der Waals surface area contributed by atoms with E-state index in [4.69, 9.17) is 0 Å². The van der Waals surface area contributed by atoms with Gasteiger partial charge in [-0.1, -0.05) is 66.7 Å². The summed E-state index contributed by atoms with van der Waals surface area (Å²) in [5, 5.41) is 2.04. The van der Waals surface area contributed by atoms with Crippen LogP contribution >= 0.6 is 0 Å². The third kappa shape index (κ3) is 2.31. The Labute approximate surface area is 139 Å². The number of aromatic nitrogens is 1. The molecular weight excluding hydrogens is 298 g/mol. The van der Waals surface area contributed by atoms with E-state index in [-0.39, 0.29) is 18.1 Å². The summed E-state index contributed by atoms with van der Waals surface area (Å²) in [5.41, 5.74) is 2.24. The van der Waals surface area contributed by atoms with Gasteiger partial charge in [-0.25, -0.2) is 0 Å². The van der Waals surface area contributed by atoms with Crippen molar-refractivity contribution >= 4 is 33.5 Å². The first-order valence-electron chi connectivity index (χ1n) is 7.85. The van der Waals surface area contributed by atoms with Gasteiger partial charge in [0.2, 0.25) is 5.91 Å². The second-order valence-electron chi connectivity index (χ2n) is 5.73. The Bertz CT molecular complexity index is 1010. The highest BCUT2D eigenvalue weighted by Crippen LogP contribution is 2.29. The van der Waals surface area contributed by atoms with Gasteiger partial charge in [0.15, 0.2) is 5.78 Å². The van der Waals surface area contributed by atoms with Crippen molar-refractivity contribution in [2.75, 3.05) is 0 Å². The van der Waals surface area contributed by atoms with Crippen molar-refractivity contribution in [3.05, 3.63) is 84.4 Å². The molecule has 0 unspecified atom stereocenters. The van der Waals surface area contributed by atoms with E-state index in [9.17, 15) is 9.59 Å². The molecule has 0 saturated heterocycles. The summed E-state index contributed by atoms with van der Waals surface area (Å²) in [4.78, 5) is 25.2. The highest BCUT2D eigenvalue weighted by molar-refractivity contribution is 6.17. The van der Waals surface area contributed by atoms with Gasteiger partial charge in [0.1, 0.15) is 0 Å². The predicted octanol–water partition coefficient (Wildman–Crippen LogP) is 4.71. The molecule has 3 heteroatoms. The van der Waals surface area contributed by atoms with Crippen LogP contribution in [-0.4, -0.2) is 16.3 Å². The van der Waals surface area contributed by atoms with E-state index < -0.39 is 0 Å². The molecule has 0 amide bonds. The molecule has 0 atom stereocenters. The molecule has 0 aliphatic heterocycles. The highest BCUT2D eigenvalue weighted by atomic mass is 16.2.